The molecule has 0 aliphatic carbocycles. The quantitative estimate of drug-likeness (QED) is 0.833. The summed E-state index contributed by atoms with van der Waals surface area (Å²) in [5, 5.41) is 11.8. The number of nitriles is 1. The van der Waals surface area contributed by atoms with Gasteiger partial charge in [-0.25, -0.2) is 0 Å². The minimum atomic E-state index is -0.276. The lowest BCUT2D eigenvalue weighted by atomic mass is 10.1. The van der Waals surface area contributed by atoms with Gasteiger partial charge >= 0.3 is 0 Å². The number of benzene rings is 2. The van der Waals surface area contributed by atoms with Crippen molar-refractivity contribution in [1.82, 2.24) is 0 Å². The molecule has 5 heteroatoms. The number of carbonyl (C=O) groups excluding carboxylic acids is 1. The third-order valence-corrected chi connectivity index (χ3v) is 3.43. The Morgan fingerprint density at radius 3 is 2.55 bits per heavy atom. The van der Waals surface area contributed by atoms with Crippen LogP contribution in [0.15, 0.2) is 42.5 Å². The molecule has 0 atom stereocenters. The van der Waals surface area contributed by atoms with Crippen molar-refractivity contribution in [3.05, 3.63) is 57.2 Å². The van der Waals surface area contributed by atoms with Gasteiger partial charge in [-0.3, -0.25) is 4.79 Å². The molecule has 20 heavy (non-hydrogen) atoms. The third-order valence-electron chi connectivity index (χ3n) is 2.71. The van der Waals surface area contributed by atoms with Crippen molar-refractivity contribution < 1.29 is 9.53 Å². The van der Waals surface area contributed by atoms with Gasteiger partial charge in [0.15, 0.2) is 0 Å². The number of halogens is 1. The lowest BCUT2D eigenvalue weighted by Gasteiger charge is -2.11. The Morgan fingerprint density at radius 2 is 1.95 bits per heavy atom. The molecule has 0 saturated heterocycles. The third kappa shape index (κ3) is 3.08. The molecule has 4 nitrogen and oxygen atoms in total. The van der Waals surface area contributed by atoms with Gasteiger partial charge in [-0.05, 0) is 59.0 Å². The van der Waals surface area contributed by atoms with Gasteiger partial charge in [0.05, 0.1) is 12.7 Å². The monoisotopic (exact) mass is 378 g/mol. The molecule has 1 N–H and O–H groups in total. The molecule has 100 valence electrons. The summed E-state index contributed by atoms with van der Waals surface area (Å²) >= 11 is 2.17. The summed E-state index contributed by atoms with van der Waals surface area (Å²) < 4.78 is 6.23. The molecular weight excluding hydrogens is 367 g/mol. The maximum absolute atomic E-state index is 12.2. The predicted molar refractivity (Wildman–Crippen MR) is 84.8 cm³/mol. The molecule has 0 radical (unpaired) electrons. The van der Waals surface area contributed by atoms with Crippen molar-refractivity contribution in [3.8, 4) is 11.8 Å². The molecule has 2 aromatic rings. The van der Waals surface area contributed by atoms with Crippen LogP contribution in [0, 0.1) is 14.9 Å². The number of amides is 1. The summed E-state index contributed by atoms with van der Waals surface area (Å²) in [6, 6.07) is 14.2. The Hall–Kier alpha value is -2.07. The number of para-hydroxylation sites is 1. The van der Waals surface area contributed by atoms with Gasteiger partial charge in [-0.2, -0.15) is 5.26 Å². The highest BCUT2D eigenvalue weighted by atomic mass is 127. The molecule has 0 spiro atoms. The van der Waals surface area contributed by atoms with Crippen molar-refractivity contribution in [1.29, 1.82) is 5.26 Å². The van der Waals surface area contributed by atoms with Crippen LogP contribution in [0.25, 0.3) is 0 Å². The van der Waals surface area contributed by atoms with Gasteiger partial charge in [-0.1, -0.05) is 6.07 Å². The highest BCUT2D eigenvalue weighted by molar-refractivity contribution is 14.1. The van der Waals surface area contributed by atoms with Crippen LogP contribution in [0.3, 0.4) is 0 Å². The van der Waals surface area contributed by atoms with Gasteiger partial charge in [-0.15, -0.1) is 0 Å². The Labute approximate surface area is 130 Å². The van der Waals surface area contributed by atoms with Crippen molar-refractivity contribution >= 4 is 34.2 Å². The standard InChI is InChI=1S/C15H11IN2O2/c1-20-13-4-2-3-11(9-17)14(13)18-15(19)10-5-7-12(16)8-6-10/h2-8H,1H3,(H,18,19). The van der Waals surface area contributed by atoms with Crippen LogP contribution < -0.4 is 10.1 Å². The summed E-state index contributed by atoms with van der Waals surface area (Å²) in [7, 11) is 1.50. The molecule has 0 aliphatic rings. The Bertz CT molecular complexity index is 675. The van der Waals surface area contributed by atoms with Gasteiger partial charge < -0.3 is 10.1 Å². The number of methoxy groups -OCH3 is 1. The zero-order chi connectivity index (χ0) is 14.5. The van der Waals surface area contributed by atoms with Crippen LogP contribution >= 0.6 is 22.6 Å². The Kier molecular flexibility index (Phi) is 4.58. The van der Waals surface area contributed by atoms with E-state index in [4.69, 9.17) is 10.00 Å². The van der Waals surface area contributed by atoms with Gasteiger partial charge in [0, 0.05) is 9.13 Å². The summed E-state index contributed by atoms with van der Waals surface area (Å²) in [5.74, 6) is 0.185. The van der Waals surface area contributed by atoms with E-state index in [1.54, 1.807) is 30.3 Å². The molecule has 2 rings (SSSR count). The smallest absolute Gasteiger partial charge is 0.255 e. The minimum absolute atomic E-state index is 0.276. The first kappa shape index (κ1) is 14.3. The molecule has 0 heterocycles. The van der Waals surface area contributed by atoms with Crippen LogP contribution in [-0.4, -0.2) is 13.0 Å². The van der Waals surface area contributed by atoms with Crippen molar-refractivity contribution in [2.45, 2.75) is 0 Å². The number of rotatable bonds is 3. The molecule has 1 amide bonds. The van der Waals surface area contributed by atoms with E-state index in [1.165, 1.54) is 7.11 Å². The van der Waals surface area contributed by atoms with E-state index in [2.05, 4.69) is 27.9 Å². The van der Waals surface area contributed by atoms with E-state index in [-0.39, 0.29) is 5.91 Å². The van der Waals surface area contributed by atoms with Crippen molar-refractivity contribution in [2.75, 3.05) is 12.4 Å². The molecule has 0 bridgehead atoms. The predicted octanol–water partition coefficient (Wildman–Crippen LogP) is 3.42. The zero-order valence-corrected chi connectivity index (χ0v) is 12.8. The SMILES string of the molecule is COc1cccc(C#N)c1NC(=O)c1ccc(I)cc1. The summed E-state index contributed by atoms with van der Waals surface area (Å²) in [6.07, 6.45) is 0. The second-order valence-corrected chi connectivity index (χ2v) is 5.20. The van der Waals surface area contributed by atoms with E-state index >= 15 is 0 Å². The number of hydrogen-bond donors (Lipinski definition) is 1. The lowest BCUT2D eigenvalue weighted by Crippen LogP contribution is -2.13. The van der Waals surface area contributed by atoms with Crippen LogP contribution in [0.2, 0.25) is 0 Å². The molecule has 0 aliphatic heterocycles. The van der Waals surface area contributed by atoms with E-state index in [9.17, 15) is 4.79 Å². The Balaban J connectivity index is 2.32. The van der Waals surface area contributed by atoms with Gasteiger partial charge in [0.1, 0.15) is 17.5 Å². The molecule has 0 aromatic heterocycles. The molecule has 2 aromatic carbocycles. The Morgan fingerprint density at radius 1 is 1.25 bits per heavy atom. The van der Waals surface area contributed by atoms with Crippen LogP contribution in [0.1, 0.15) is 15.9 Å². The van der Waals surface area contributed by atoms with Crippen LogP contribution in [0.5, 0.6) is 5.75 Å². The zero-order valence-electron chi connectivity index (χ0n) is 10.7. The number of carbonyl (C=O) groups is 1. The maximum atomic E-state index is 12.2. The van der Waals surface area contributed by atoms with E-state index in [1.807, 2.05) is 18.2 Å². The first-order chi connectivity index (χ1) is 9.65. The first-order valence-corrected chi connectivity index (χ1v) is 6.87. The van der Waals surface area contributed by atoms with Gasteiger partial charge in [0.25, 0.3) is 5.91 Å². The minimum Gasteiger partial charge on any atom is -0.495 e. The van der Waals surface area contributed by atoms with Crippen molar-refractivity contribution in [2.24, 2.45) is 0 Å². The summed E-state index contributed by atoms with van der Waals surface area (Å²) in [5.41, 5.74) is 1.28. The van der Waals surface area contributed by atoms with Gasteiger partial charge in [0.2, 0.25) is 0 Å². The van der Waals surface area contributed by atoms with E-state index in [0.29, 0.717) is 22.6 Å². The number of nitrogens with one attached hydrogen (secondary N) is 1. The normalized spacial score (nSPS) is 9.65. The lowest BCUT2D eigenvalue weighted by molar-refractivity contribution is 0.102. The highest BCUT2D eigenvalue weighted by Gasteiger charge is 2.13. The number of ether oxygens (including phenoxy) is 1. The number of anilines is 1. The fraction of sp³-hybridized carbons (Fsp3) is 0.0667. The average molecular weight is 378 g/mol. The van der Waals surface area contributed by atoms with Crippen molar-refractivity contribution in [3.63, 3.8) is 0 Å². The largest absolute Gasteiger partial charge is 0.495 e. The molecule has 0 unspecified atom stereocenters. The van der Waals surface area contributed by atoms with E-state index in [0.717, 1.165) is 3.57 Å². The van der Waals surface area contributed by atoms with E-state index < -0.39 is 0 Å². The fourth-order valence-corrected chi connectivity index (χ4v) is 2.07. The molecule has 0 fully saturated rings. The van der Waals surface area contributed by atoms with Crippen LogP contribution in [-0.2, 0) is 0 Å². The first-order valence-electron chi connectivity index (χ1n) is 5.79. The summed E-state index contributed by atoms with van der Waals surface area (Å²) in [6.45, 7) is 0. The average Bonchev–Trinajstić information content (AvgIpc) is 2.48. The fourth-order valence-electron chi connectivity index (χ4n) is 1.71. The summed E-state index contributed by atoms with van der Waals surface area (Å²) in [4.78, 5) is 12.2. The number of hydrogen-bond acceptors (Lipinski definition) is 3. The second kappa shape index (κ2) is 6.39. The topological polar surface area (TPSA) is 62.1 Å². The molecular formula is C15H11IN2O2. The second-order valence-electron chi connectivity index (χ2n) is 3.96. The molecule has 0 saturated carbocycles. The van der Waals surface area contributed by atoms with Crippen LogP contribution in [0.4, 0.5) is 5.69 Å². The highest BCUT2D eigenvalue weighted by Crippen LogP contribution is 2.28. The number of nitrogens with zero attached hydrogens (tertiary/aromatic N) is 1. The maximum Gasteiger partial charge on any atom is 0.255 e.